The molecule has 0 fully saturated rings. The fourth-order valence-electron chi connectivity index (χ4n) is 1.22. The van der Waals surface area contributed by atoms with Gasteiger partial charge in [0.2, 0.25) is 6.41 Å². The fraction of sp³-hybridized carbons (Fsp3) is 0.143. The van der Waals surface area contributed by atoms with Crippen molar-refractivity contribution in [3.8, 4) is 0 Å². The molecule has 1 unspecified atom stereocenters. The minimum absolute atomic E-state index is 0.309. The first-order chi connectivity index (χ1) is 8.74. The minimum atomic E-state index is -0.508. The van der Waals surface area contributed by atoms with Crippen LogP contribution in [0.3, 0.4) is 0 Å². The molecule has 1 atom stereocenters. The summed E-state index contributed by atoms with van der Waals surface area (Å²) in [7, 11) is 0. The maximum Gasteiger partial charge on any atom is 0.338 e. The van der Waals surface area contributed by atoms with Gasteiger partial charge < -0.3 is 4.84 Å². The van der Waals surface area contributed by atoms with Crippen LogP contribution in [0.15, 0.2) is 48.6 Å². The Morgan fingerprint density at radius 2 is 2.00 bits per heavy atom. The van der Waals surface area contributed by atoms with Crippen molar-refractivity contribution in [3.63, 3.8) is 0 Å². The number of amides is 1. The number of nitrogens with one attached hydrogen (secondary N) is 1. The van der Waals surface area contributed by atoms with Gasteiger partial charge in [0.15, 0.2) is 0 Å². The van der Waals surface area contributed by atoms with Crippen molar-refractivity contribution in [1.82, 2.24) is 5.48 Å². The average molecular weight is 245 g/mol. The highest BCUT2D eigenvalue weighted by Gasteiger charge is 2.10. The van der Waals surface area contributed by atoms with Gasteiger partial charge in [-0.2, -0.15) is 5.48 Å². The van der Waals surface area contributed by atoms with Gasteiger partial charge in [0.1, 0.15) is 0 Å². The number of carbonyl (C=O) groups excluding carboxylic acids is 2. The maximum atomic E-state index is 11.2. The smallest absolute Gasteiger partial charge is 0.338 e. The number of hydroxylamine groups is 1. The molecular formula is C14H15NO3. The summed E-state index contributed by atoms with van der Waals surface area (Å²) in [6.07, 6.45) is 7.53. The lowest BCUT2D eigenvalue weighted by Crippen LogP contribution is -2.22. The molecule has 0 spiro atoms. The summed E-state index contributed by atoms with van der Waals surface area (Å²) < 4.78 is 0. The number of rotatable bonds is 6. The largest absolute Gasteiger partial charge is 0.340 e. The Kier molecular flexibility index (Phi) is 5.97. The van der Waals surface area contributed by atoms with Crippen LogP contribution in [0.4, 0.5) is 0 Å². The van der Waals surface area contributed by atoms with Crippen LogP contribution in [0, 0.1) is 5.92 Å². The standard InChI is InChI=1S/C14H15NO3/c1-12(14(17)18-15-11-16)7-5-6-10-13-8-3-2-4-9-13/h2-12H,1H3,(H,15,16)/b7-5+,10-6+. The Bertz CT molecular complexity index is 438. The molecule has 0 saturated carbocycles. The Morgan fingerprint density at radius 1 is 1.28 bits per heavy atom. The molecule has 1 aromatic rings. The van der Waals surface area contributed by atoms with Gasteiger partial charge in [0.25, 0.3) is 0 Å². The highest BCUT2D eigenvalue weighted by atomic mass is 16.7. The Hall–Kier alpha value is -2.36. The summed E-state index contributed by atoms with van der Waals surface area (Å²) in [6, 6.07) is 9.82. The minimum Gasteiger partial charge on any atom is -0.340 e. The van der Waals surface area contributed by atoms with Crippen LogP contribution in [0.1, 0.15) is 12.5 Å². The van der Waals surface area contributed by atoms with Gasteiger partial charge >= 0.3 is 5.97 Å². The third-order valence-electron chi connectivity index (χ3n) is 2.18. The SMILES string of the molecule is CC(/C=C/C=C/c1ccccc1)C(=O)ONC=O. The second-order valence-corrected chi connectivity index (χ2v) is 3.60. The molecule has 0 heterocycles. The van der Waals surface area contributed by atoms with Crippen molar-refractivity contribution in [1.29, 1.82) is 0 Å². The zero-order valence-corrected chi connectivity index (χ0v) is 10.1. The van der Waals surface area contributed by atoms with E-state index in [1.54, 1.807) is 19.1 Å². The van der Waals surface area contributed by atoms with E-state index < -0.39 is 11.9 Å². The summed E-state index contributed by atoms with van der Waals surface area (Å²) in [5.74, 6) is -0.927. The van der Waals surface area contributed by atoms with E-state index in [9.17, 15) is 9.59 Å². The van der Waals surface area contributed by atoms with E-state index in [-0.39, 0.29) is 0 Å². The molecule has 1 amide bonds. The highest BCUT2D eigenvalue weighted by molar-refractivity contribution is 5.74. The lowest BCUT2D eigenvalue weighted by molar-refractivity contribution is -0.156. The molecule has 94 valence electrons. The molecule has 0 saturated heterocycles. The van der Waals surface area contributed by atoms with Crippen molar-refractivity contribution in [3.05, 3.63) is 54.1 Å². The predicted molar refractivity (Wildman–Crippen MR) is 69.1 cm³/mol. The summed E-state index contributed by atoms with van der Waals surface area (Å²) >= 11 is 0. The van der Waals surface area contributed by atoms with Crippen molar-refractivity contribution in [2.75, 3.05) is 0 Å². The Morgan fingerprint density at radius 3 is 2.67 bits per heavy atom. The van der Waals surface area contributed by atoms with E-state index >= 15 is 0 Å². The summed E-state index contributed by atoms with van der Waals surface area (Å²) in [6.45, 7) is 1.68. The van der Waals surface area contributed by atoms with Gasteiger partial charge in [-0.3, -0.25) is 4.79 Å². The van der Waals surface area contributed by atoms with Gasteiger partial charge in [-0.15, -0.1) is 0 Å². The zero-order valence-electron chi connectivity index (χ0n) is 10.1. The van der Waals surface area contributed by atoms with E-state index in [0.717, 1.165) is 5.56 Å². The molecule has 18 heavy (non-hydrogen) atoms. The van der Waals surface area contributed by atoms with Crippen LogP contribution >= 0.6 is 0 Å². The van der Waals surface area contributed by atoms with E-state index in [0.29, 0.717) is 6.41 Å². The van der Waals surface area contributed by atoms with Crippen molar-refractivity contribution < 1.29 is 14.4 Å². The number of hydrogen-bond acceptors (Lipinski definition) is 3. The molecule has 4 nitrogen and oxygen atoms in total. The molecule has 0 aliphatic heterocycles. The molecule has 1 N–H and O–H groups in total. The summed E-state index contributed by atoms with van der Waals surface area (Å²) in [5, 5.41) is 0. The van der Waals surface area contributed by atoms with Crippen LogP contribution in [0.2, 0.25) is 0 Å². The van der Waals surface area contributed by atoms with Gasteiger partial charge in [-0.05, 0) is 12.5 Å². The molecule has 1 aromatic carbocycles. The second-order valence-electron chi connectivity index (χ2n) is 3.60. The fourth-order valence-corrected chi connectivity index (χ4v) is 1.22. The summed E-state index contributed by atoms with van der Waals surface area (Å²) in [5.41, 5.74) is 2.95. The molecule has 0 aromatic heterocycles. The van der Waals surface area contributed by atoms with Crippen LogP contribution in [0.25, 0.3) is 6.08 Å². The van der Waals surface area contributed by atoms with Crippen molar-refractivity contribution in [2.45, 2.75) is 6.92 Å². The predicted octanol–water partition coefficient (Wildman–Crippen LogP) is 2.10. The normalized spacial score (nSPS) is 12.5. The van der Waals surface area contributed by atoms with E-state index in [2.05, 4.69) is 4.84 Å². The summed E-state index contributed by atoms with van der Waals surface area (Å²) in [4.78, 5) is 25.6. The highest BCUT2D eigenvalue weighted by Crippen LogP contribution is 2.03. The van der Waals surface area contributed by atoms with E-state index in [1.165, 1.54) is 0 Å². The van der Waals surface area contributed by atoms with Crippen LogP contribution in [0.5, 0.6) is 0 Å². The molecule has 0 aliphatic carbocycles. The van der Waals surface area contributed by atoms with Crippen LogP contribution in [-0.2, 0) is 14.4 Å². The first-order valence-electron chi connectivity index (χ1n) is 5.54. The van der Waals surface area contributed by atoms with Gasteiger partial charge in [0.05, 0.1) is 5.92 Å². The van der Waals surface area contributed by atoms with Gasteiger partial charge in [-0.25, -0.2) is 4.79 Å². The average Bonchev–Trinajstić information content (AvgIpc) is 2.41. The van der Waals surface area contributed by atoms with Gasteiger partial charge in [-0.1, -0.05) is 54.6 Å². The lowest BCUT2D eigenvalue weighted by Gasteiger charge is -2.03. The van der Waals surface area contributed by atoms with E-state index in [4.69, 9.17) is 0 Å². The number of benzene rings is 1. The number of carbonyl (C=O) groups is 2. The van der Waals surface area contributed by atoms with E-state index in [1.807, 2.05) is 48.0 Å². The molecule has 0 radical (unpaired) electrons. The second kappa shape index (κ2) is 7.84. The quantitative estimate of drug-likeness (QED) is 0.474. The van der Waals surface area contributed by atoms with Crippen LogP contribution < -0.4 is 5.48 Å². The third kappa shape index (κ3) is 5.12. The van der Waals surface area contributed by atoms with Crippen molar-refractivity contribution in [2.24, 2.45) is 5.92 Å². The third-order valence-corrected chi connectivity index (χ3v) is 2.18. The molecule has 4 heteroatoms. The number of allylic oxidation sites excluding steroid dienone is 2. The Labute approximate surface area is 106 Å². The first kappa shape index (κ1) is 13.7. The Balaban J connectivity index is 2.42. The number of hydrogen-bond donors (Lipinski definition) is 1. The van der Waals surface area contributed by atoms with Crippen LogP contribution in [-0.4, -0.2) is 12.4 Å². The molecule has 1 rings (SSSR count). The molecule has 0 aliphatic rings. The van der Waals surface area contributed by atoms with Crippen molar-refractivity contribution >= 4 is 18.5 Å². The topological polar surface area (TPSA) is 55.4 Å². The maximum absolute atomic E-state index is 11.2. The monoisotopic (exact) mass is 245 g/mol. The molecular weight excluding hydrogens is 230 g/mol. The zero-order chi connectivity index (χ0) is 13.2. The van der Waals surface area contributed by atoms with Gasteiger partial charge in [0, 0.05) is 0 Å². The first-order valence-corrected chi connectivity index (χ1v) is 5.54. The lowest BCUT2D eigenvalue weighted by atomic mass is 10.1. The molecule has 0 bridgehead atoms.